The van der Waals surface area contributed by atoms with Crippen molar-refractivity contribution in [2.75, 3.05) is 20.6 Å². The highest BCUT2D eigenvalue weighted by Gasteiger charge is 2.26. The molecule has 0 atom stereocenters. The zero-order valence-corrected chi connectivity index (χ0v) is 15.3. The first-order chi connectivity index (χ1) is 13.0. The third kappa shape index (κ3) is 3.35. The van der Waals surface area contributed by atoms with Crippen LogP contribution < -0.4 is 0 Å². The van der Waals surface area contributed by atoms with Gasteiger partial charge in [-0.3, -0.25) is 14.8 Å². The first-order valence-electron chi connectivity index (χ1n) is 8.81. The maximum absolute atomic E-state index is 13.9. The fraction of sp³-hybridized carbons (Fsp3) is 0.316. The molecule has 7 nitrogen and oxygen atoms in total. The molecule has 0 saturated heterocycles. The topological polar surface area (TPSA) is 70.1 Å². The van der Waals surface area contributed by atoms with Crippen LogP contribution in [0.5, 0.6) is 0 Å². The first-order valence-corrected chi connectivity index (χ1v) is 8.81. The number of nitrogens with one attached hydrogen (secondary N) is 1. The molecular formula is C19H21FN6O. The number of hydrogen-bond donors (Lipinski definition) is 1. The predicted molar refractivity (Wildman–Crippen MR) is 97.9 cm³/mol. The molecule has 0 unspecified atom stereocenters. The third-order valence-corrected chi connectivity index (χ3v) is 4.81. The fourth-order valence-electron chi connectivity index (χ4n) is 3.43. The number of aromatic amines is 1. The van der Waals surface area contributed by atoms with Crippen molar-refractivity contribution in [2.45, 2.75) is 19.5 Å². The van der Waals surface area contributed by atoms with Gasteiger partial charge < -0.3 is 4.90 Å². The van der Waals surface area contributed by atoms with Crippen LogP contribution in [0.4, 0.5) is 4.39 Å². The number of carbonyl (C=O) groups excluding carboxylic acids is 1. The minimum atomic E-state index is -0.273. The maximum atomic E-state index is 13.9. The van der Waals surface area contributed by atoms with Crippen LogP contribution in [0.25, 0.3) is 5.69 Å². The van der Waals surface area contributed by atoms with Crippen molar-refractivity contribution in [2.24, 2.45) is 0 Å². The number of H-pyrrole nitrogens is 1. The summed E-state index contributed by atoms with van der Waals surface area (Å²) in [6.45, 7) is 1.96. The lowest BCUT2D eigenvalue weighted by Gasteiger charge is -2.28. The largest absolute Gasteiger partial charge is 0.343 e. The highest BCUT2D eigenvalue weighted by Crippen LogP contribution is 2.24. The molecule has 1 aromatic carbocycles. The summed E-state index contributed by atoms with van der Waals surface area (Å²) in [5.41, 5.74) is 4.10. The lowest BCUT2D eigenvalue weighted by atomic mass is 10.0. The summed E-state index contributed by atoms with van der Waals surface area (Å²) in [6.07, 6.45) is 4.31. The van der Waals surface area contributed by atoms with Crippen molar-refractivity contribution in [3.05, 3.63) is 65.0 Å². The highest BCUT2D eigenvalue weighted by atomic mass is 19.1. The molecule has 3 aromatic rings. The molecule has 1 N–H and O–H groups in total. The molecule has 4 rings (SSSR count). The molecule has 27 heavy (non-hydrogen) atoms. The number of rotatable bonds is 4. The second-order valence-electron chi connectivity index (χ2n) is 6.91. The van der Waals surface area contributed by atoms with Crippen LogP contribution in [0.1, 0.15) is 27.3 Å². The maximum Gasteiger partial charge on any atom is 0.274 e. The van der Waals surface area contributed by atoms with Crippen molar-refractivity contribution in [1.82, 2.24) is 29.8 Å². The average molecular weight is 368 g/mol. The number of nitrogens with zero attached hydrogens (tertiary/aromatic N) is 5. The Hall–Kier alpha value is -3.00. The van der Waals surface area contributed by atoms with E-state index >= 15 is 0 Å². The van der Waals surface area contributed by atoms with Gasteiger partial charge in [-0.25, -0.2) is 9.07 Å². The SMILES string of the molecule is CN(C)C(=O)c1n[nH]c2c1CN(Cc1cc(F)ccc1-n1cccn1)CC2. The highest BCUT2D eigenvalue weighted by molar-refractivity contribution is 5.93. The van der Waals surface area contributed by atoms with E-state index in [-0.39, 0.29) is 11.7 Å². The van der Waals surface area contributed by atoms with E-state index in [0.717, 1.165) is 35.5 Å². The van der Waals surface area contributed by atoms with E-state index in [1.807, 2.05) is 12.3 Å². The fourth-order valence-corrected chi connectivity index (χ4v) is 3.43. The normalized spacial score (nSPS) is 14.2. The number of halogens is 1. The van der Waals surface area contributed by atoms with Crippen LogP contribution in [0.15, 0.2) is 36.7 Å². The number of aromatic nitrogens is 4. The van der Waals surface area contributed by atoms with Crippen LogP contribution >= 0.6 is 0 Å². The summed E-state index contributed by atoms with van der Waals surface area (Å²) < 4.78 is 15.6. The van der Waals surface area contributed by atoms with E-state index in [1.165, 1.54) is 11.0 Å². The molecule has 0 saturated carbocycles. The Bertz CT molecular complexity index is 963. The molecule has 3 heterocycles. The molecule has 0 bridgehead atoms. The van der Waals surface area contributed by atoms with E-state index in [2.05, 4.69) is 20.2 Å². The van der Waals surface area contributed by atoms with Gasteiger partial charge in [0.1, 0.15) is 5.82 Å². The lowest BCUT2D eigenvalue weighted by Crippen LogP contribution is -2.32. The number of fused-ring (bicyclic) bond motifs is 1. The molecule has 0 fully saturated rings. The average Bonchev–Trinajstić information content (AvgIpc) is 3.30. The minimum absolute atomic E-state index is 0.114. The van der Waals surface area contributed by atoms with E-state index in [0.29, 0.717) is 18.8 Å². The van der Waals surface area contributed by atoms with Crippen molar-refractivity contribution in [1.29, 1.82) is 0 Å². The third-order valence-electron chi connectivity index (χ3n) is 4.81. The summed E-state index contributed by atoms with van der Waals surface area (Å²) in [7, 11) is 3.43. The van der Waals surface area contributed by atoms with Crippen LogP contribution in [-0.4, -0.2) is 56.3 Å². The van der Waals surface area contributed by atoms with Gasteiger partial charge in [-0.2, -0.15) is 10.2 Å². The predicted octanol–water partition coefficient (Wildman–Crippen LogP) is 1.99. The number of benzene rings is 1. The Morgan fingerprint density at radius 2 is 2.22 bits per heavy atom. The van der Waals surface area contributed by atoms with Crippen LogP contribution in [-0.2, 0) is 19.5 Å². The Morgan fingerprint density at radius 3 is 2.96 bits per heavy atom. The minimum Gasteiger partial charge on any atom is -0.343 e. The van der Waals surface area contributed by atoms with Crippen molar-refractivity contribution in [3.8, 4) is 5.69 Å². The van der Waals surface area contributed by atoms with Crippen LogP contribution in [0.2, 0.25) is 0 Å². The van der Waals surface area contributed by atoms with E-state index < -0.39 is 0 Å². The Morgan fingerprint density at radius 1 is 1.37 bits per heavy atom. The van der Waals surface area contributed by atoms with Gasteiger partial charge in [0.15, 0.2) is 5.69 Å². The Kier molecular flexibility index (Phi) is 4.49. The summed E-state index contributed by atoms with van der Waals surface area (Å²) in [6, 6.07) is 6.57. The van der Waals surface area contributed by atoms with Gasteiger partial charge in [0.2, 0.25) is 0 Å². The van der Waals surface area contributed by atoms with E-state index in [4.69, 9.17) is 0 Å². The molecule has 1 aliphatic rings. The zero-order chi connectivity index (χ0) is 19.0. The molecule has 0 spiro atoms. The molecule has 1 aliphatic heterocycles. The summed E-state index contributed by atoms with van der Waals surface area (Å²) in [4.78, 5) is 16.1. The van der Waals surface area contributed by atoms with Gasteiger partial charge in [0.25, 0.3) is 5.91 Å². The molecule has 140 valence electrons. The molecular weight excluding hydrogens is 347 g/mol. The lowest BCUT2D eigenvalue weighted by molar-refractivity contribution is 0.0819. The summed E-state index contributed by atoms with van der Waals surface area (Å²) in [5.74, 6) is -0.386. The van der Waals surface area contributed by atoms with Gasteiger partial charge in [0, 0.05) is 63.8 Å². The zero-order valence-electron chi connectivity index (χ0n) is 15.3. The van der Waals surface area contributed by atoms with E-state index in [1.54, 1.807) is 37.1 Å². The first kappa shape index (κ1) is 17.4. The van der Waals surface area contributed by atoms with Crippen molar-refractivity contribution < 1.29 is 9.18 Å². The van der Waals surface area contributed by atoms with E-state index in [9.17, 15) is 9.18 Å². The molecule has 0 radical (unpaired) electrons. The van der Waals surface area contributed by atoms with Gasteiger partial charge in [-0.1, -0.05) is 0 Å². The quantitative estimate of drug-likeness (QED) is 0.765. The monoisotopic (exact) mass is 368 g/mol. The number of hydrogen-bond acceptors (Lipinski definition) is 4. The van der Waals surface area contributed by atoms with Crippen molar-refractivity contribution >= 4 is 5.91 Å². The Balaban J connectivity index is 1.60. The van der Waals surface area contributed by atoms with Crippen molar-refractivity contribution in [3.63, 3.8) is 0 Å². The Labute approximate surface area is 156 Å². The molecule has 1 amide bonds. The summed E-state index contributed by atoms with van der Waals surface area (Å²) in [5, 5.41) is 11.5. The molecule has 0 aliphatic carbocycles. The number of amides is 1. The summed E-state index contributed by atoms with van der Waals surface area (Å²) >= 11 is 0. The smallest absolute Gasteiger partial charge is 0.274 e. The second-order valence-corrected chi connectivity index (χ2v) is 6.91. The number of carbonyl (C=O) groups is 1. The van der Waals surface area contributed by atoms with Gasteiger partial charge in [-0.05, 0) is 29.8 Å². The van der Waals surface area contributed by atoms with Gasteiger partial charge >= 0.3 is 0 Å². The van der Waals surface area contributed by atoms with Crippen LogP contribution in [0, 0.1) is 5.82 Å². The van der Waals surface area contributed by atoms with Gasteiger partial charge in [0.05, 0.1) is 5.69 Å². The van der Waals surface area contributed by atoms with Gasteiger partial charge in [-0.15, -0.1) is 0 Å². The molecule has 2 aromatic heterocycles. The van der Waals surface area contributed by atoms with Crippen LogP contribution in [0.3, 0.4) is 0 Å². The standard InChI is InChI=1S/C19H21FN6O/c1-24(2)19(27)18-15-12-25(9-6-16(15)22-23-18)11-13-10-14(20)4-5-17(13)26-8-3-7-21-26/h3-5,7-8,10H,6,9,11-12H2,1-2H3,(H,22,23). The molecule has 8 heteroatoms. The second kappa shape index (κ2) is 6.96.